The van der Waals surface area contributed by atoms with Gasteiger partial charge in [-0.05, 0) is 46.6 Å². The zero-order valence-corrected chi connectivity index (χ0v) is 12.8. The summed E-state index contributed by atoms with van der Waals surface area (Å²) in [4.78, 5) is 4.43. The van der Waals surface area contributed by atoms with Gasteiger partial charge in [-0.2, -0.15) is 0 Å². The van der Waals surface area contributed by atoms with Crippen molar-refractivity contribution in [2.24, 2.45) is 0 Å². The molecule has 3 rings (SSSR count). The Morgan fingerprint density at radius 2 is 2.05 bits per heavy atom. The molecule has 0 saturated heterocycles. The fourth-order valence-electron chi connectivity index (χ4n) is 2.35. The van der Waals surface area contributed by atoms with E-state index in [-0.39, 0.29) is 0 Å². The van der Waals surface area contributed by atoms with Crippen molar-refractivity contribution in [1.82, 2.24) is 9.55 Å². The van der Waals surface area contributed by atoms with E-state index in [1.165, 1.54) is 0 Å². The Morgan fingerprint density at radius 1 is 1.25 bits per heavy atom. The normalized spacial score (nSPS) is 10.9. The van der Waals surface area contributed by atoms with Crippen LogP contribution in [0.3, 0.4) is 0 Å². The molecular formula is C15H14BrN3O. The van der Waals surface area contributed by atoms with E-state index < -0.39 is 0 Å². The minimum atomic E-state index is 0.461. The average molecular weight is 332 g/mol. The monoisotopic (exact) mass is 331 g/mol. The summed E-state index contributed by atoms with van der Waals surface area (Å²) in [5, 5.41) is 0. The topological polar surface area (TPSA) is 53.1 Å². The fourth-order valence-corrected chi connectivity index (χ4v) is 2.77. The number of rotatable bonds is 2. The summed E-state index contributed by atoms with van der Waals surface area (Å²) < 4.78 is 8.17. The molecule has 4 nitrogen and oxygen atoms in total. The first-order valence-corrected chi connectivity index (χ1v) is 6.98. The number of hydrogen-bond donors (Lipinski definition) is 1. The molecule has 0 aliphatic heterocycles. The SMILES string of the molecule is COc1ccc(Br)c(-n2c(N)nc3cccc(C)c32)c1. The standard InChI is InChI=1S/C15H14BrN3O/c1-9-4-3-5-12-14(9)19(15(17)18-12)13-8-10(20-2)6-7-11(13)16/h3-8H,1-2H3,(H2,17,18). The summed E-state index contributed by atoms with van der Waals surface area (Å²) in [5.41, 5.74) is 10.0. The maximum atomic E-state index is 6.10. The summed E-state index contributed by atoms with van der Waals surface area (Å²) in [7, 11) is 1.65. The highest BCUT2D eigenvalue weighted by Crippen LogP contribution is 2.32. The highest BCUT2D eigenvalue weighted by Gasteiger charge is 2.14. The van der Waals surface area contributed by atoms with E-state index in [2.05, 4.69) is 20.9 Å². The zero-order valence-electron chi connectivity index (χ0n) is 11.2. The number of fused-ring (bicyclic) bond motifs is 1. The molecular weight excluding hydrogens is 318 g/mol. The van der Waals surface area contributed by atoms with Gasteiger partial charge in [0, 0.05) is 10.5 Å². The molecule has 2 aromatic carbocycles. The minimum Gasteiger partial charge on any atom is -0.497 e. The zero-order chi connectivity index (χ0) is 14.3. The van der Waals surface area contributed by atoms with Gasteiger partial charge in [0.25, 0.3) is 0 Å². The lowest BCUT2D eigenvalue weighted by atomic mass is 10.2. The third-order valence-electron chi connectivity index (χ3n) is 3.30. The molecule has 0 fully saturated rings. The van der Waals surface area contributed by atoms with Crippen LogP contribution >= 0.6 is 15.9 Å². The van der Waals surface area contributed by atoms with Gasteiger partial charge in [-0.3, -0.25) is 4.57 Å². The quantitative estimate of drug-likeness (QED) is 0.779. The average Bonchev–Trinajstić information content (AvgIpc) is 2.77. The molecule has 1 aromatic heterocycles. The van der Waals surface area contributed by atoms with Crippen LogP contribution in [-0.4, -0.2) is 16.7 Å². The number of para-hydroxylation sites is 1. The second-order valence-corrected chi connectivity index (χ2v) is 5.42. The first-order valence-electron chi connectivity index (χ1n) is 6.19. The summed E-state index contributed by atoms with van der Waals surface area (Å²) in [6, 6.07) is 11.8. The Labute approximate surface area is 125 Å². The number of methoxy groups -OCH3 is 1. The van der Waals surface area contributed by atoms with E-state index in [1.807, 2.05) is 47.9 Å². The lowest BCUT2D eigenvalue weighted by Crippen LogP contribution is -2.02. The highest BCUT2D eigenvalue weighted by molar-refractivity contribution is 9.10. The Kier molecular flexibility index (Phi) is 3.14. The smallest absolute Gasteiger partial charge is 0.205 e. The third kappa shape index (κ3) is 1.94. The molecule has 0 radical (unpaired) electrons. The van der Waals surface area contributed by atoms with Crippen molar-refractivity contribution >= 4 is 32.9 Å². The molecule has 102 valence electrons. The Hall–Kier alpha value is -2.01. The van der Waals surface area contributed by atoms with Gasteiger partial charge in [-0.1, -0.05) is 12.1 Å². The number of imidazole rings is 1. The van der Waals surface area contributed by atoms with Gasteiger partial charge >= 0.3 is 0 Å². The second-order valence-electron chi connectivity index (χ2n) is 4.57. The van der Waals surface area contributed by atoms with E-state index in [4.69, 9.17) is 10.5 Å². The molecule has 0 bridgehead atoms. The molecule has 2 N–H and O–H groups in total. The largest absolute Gasteiger partial charge is 0.497 e. The Balaban J connectivity index is 2.37. The van der Waals surface area contributed by atoms with Crippen LogP contribution in [-0.2, 0) is 0 Å². The van der Waals surface area contributed by atoms with Crippen molar-refractivity contribution in [2.75, 3.05) is 12.8 Å². The number of halogens is 1. The molecule has 3 aromatic rings. The molecule has 0 aliphatic carbocycles. The van der Waals surface area contributed by atoms with Crippen molar-refractivity contribution in [3.8, 4) is 11.4 Å². The molecule has 5 heteroatoms. The van der Waals surface area contributed by atoms with Gasteiger partial charge in [0.05, 0.1) is 23.8 Å². The molecule has 0 amide bonds. The van der Waals surface area contributed by atoms with Crippen molar-refractivity contribution in [3.63, 3.8) is 0 Å². The first-order chi connectivity index (χ1) is 9.61. The van der Waals surface area contributed by atoms with Crippen molar-refractivity contribution in [3.05, 3.63) is 46.4 Å². The Bertz CT molecular complexity index is 795. The number of anilines is 1. The summed E-state index contributed by atoms with van der Waals surface area (Å²) in [5.74, 6) is 1.24. The number of nitrogen functional groups attached to an aromatic ring is 1. The number of ether oxygens (including phenoxy) is 1. The highest BCUT2D eigenvalue weighted by atomic mass is 79.9. The fraction of sp³-hybridized carbons (Fsp3) is 0.133. The summed E-state index contributed by atoms with van der Waals surface area (Å²) >= 11 is 3.57. The van der Waals surface area contributed by atoms with Gasteiger partial charge in [0.15, 0.2) is 0 Å². The molecule has 0 saturated carbocycles. The van der Waals surface area contributed by atoms with Crippen LogP contribution in [0.1, 0.15) is 5.56 Å². The van der Waals surface area contributed by atoms with Gasteiger partial charge in [0.1, 0.15) is 5.75 Å². The molecule has 0 atom stereocenters. The van der Waals surface area contributed by atoms with Gasteiger partial charge < -0.3 is 10.5 Å². The predicted molar refractivity (Wildman–Crippen MR) is 84.5 cm³/mol. The molecule has 0 unspecified atom stereocenters. The lowest BCUT2D eigenvalue weighted by Gasteiger charge is -2.12. The van der Waals surface area contributed by atoms with E-state index in [0.29, 0.717) is 5.95 Å². The van der Waals surface area contributed by atoms with E-state index in [0.717, 1.165) is 32.5 Å². The number of nitrogens with two attached hydrogens (primary N) is 1. The van der Waals surface area contributed by atoms with Crippen molar-refractivity contribution in [1.29, 1.82) is 0 Å². The number of nitrogens with zero attached hydrogens (tertiary/aromatic N) is 2. The summed E-state index contributed by atoms with van der Waals surface area (Å²) in [6.45, 7) is 2.05. The molecule has 1 heterocycles. The molecule has 0 aliphatic rings. The minimum absolute atomic E-state index is 0.461. The van der Waals surface area contributed by atoms with E-state index in [1.54, 1.807) is 7.11 Å². The number of aromatic nitrogens is 2. The predicted octanol–water partition coefficient (Wildman–Crippen LogP) is 3.69. The second kappa shape index (κ2) is 4.83. The van der Waals surface area contributed by atoms with Crippen LogP contribution in [0.5, 0.6) is 5.75 Å². The third-order valence-corrected chi connectivity index (χ3v) is 3.97. The van der Waals surface area contributed by atoms with Crippen LogP contribution in [0.4, 0.5) is 5.95 Å². The number of hydrogen-bond acceptors (Lipinski definition) is 3. The molecule has 20 heavy (non-hydrogen) atoms. The van der Waals surface area contributed by atoms with Gasteiger partial charge in [-0.15, -0.1) is 0 Å². The first kappa shape index (κ1) is 13.0. The number of benzene rings is 2. The molecule has 0 spiro atoms. The van der Waals surface area contributed by atoms with Crippen LogP contribution < -0.4 is 10.5 Å². The Morgan fingerprint density at radius 3 is 2.80 bits per heavy atom. The van der Waals surface area contributed by atoms with E-state index in [9.17, 15) is 0 Å². The maximum Gasteiger partial charge on any atom is 0.205 e. The number of aryl methyl sites for hydroxylation is 1. The maximum absolute atomic E-state index is 6.10. The summed E-state index contributed by atoms with van der Waals surface area (Å²) in [6.07, 6.45) is 0. The van der Waals surface area contributed by atoms with Crippen molar-refractivity contribution < 1.29 is 4.74 Å². The van der Waals surface area contributed by atoms with Crippen molar-refractivity contribution in [2.45, 2.75) is 6.92 Å². The van der Waals surface area contributed by atoms with Crippen LogP contribution in [0.2, 0.25) is 0 Å². The van der Waals surface area contributed by atoms with Crippen LogP contribution in [0.25, 0.3) is 16.7 Å². The lowest BCUT2D eigenvalue weighted by molar-refractivity contribution is 0.414. The van der Waals surface area contributed by atoms with E-state index >= 15 is 0 Å². The van der Waals surface area contributed by atoms with Crippen LogP contribution in [0, 0.1) is 6.92 Å². The van der Waals surface area contributed by atoms with Gasteiger partial charge in [-0.25, -0.2) is 4.98 Å². The van der Waals surface area contributed by atoms with Gasteiger partial charge in [0.2, 0.25) is 5.95 Å². The van der Waals surface area contributed by atoms with Crippen LogP contribution in [0.15, 0.2) is 40.9 Å².